The number of nitrogens with one attached hydrogen (secondary N) is 2. The van der Waals surface area contributed by atoms with Gasteiger partial charge in [-0.2, -0.15) is 10.4 Å². The van der Waals surface area contributed by atoms with Crippen LogP contribution in [0.25, 0.3) is 10.9 Å². The lowest BCUT2D eigenvalue weighted by atomic mass is 9.91. The van der Waals surface area contributed by atoms with Crippen molar-refractivity contribution in [2.24, 2.45) is 0 Å². The number of aromatic amines is 1. The molecular weight excluding hydrogens is 354 g/mol. The minimum atomic E-state index is 0.176. The summed E-state index contributed by atoms with van der Waals surface area (Å²) in [6.07, 6.45) is 4.78. The van der Waals surface area contributed by atoms with Gasteiger partial charge in [0.15, 0.2) is 0 Å². The standard InChI is InChI=1S/C17H14BrN5/c18-17-13-7-12(4-5-14(13)22-23-17)21-15-3-1-2-11-6-10(8-19)9-20-16(11)15/h4-7,9,15,21H,1-3H2,(H,22,23)/t15-/m0/s1. The summed E-state index contributed by atoms with van der Waals surface area (Å²) < 4.78 is 0.817. The molecule has 1 atom stereocenters. The summed E-state index contributed by atoms with van der Waals surface area (Å²) in [5.74, 6) is 0. The zero-order valence-corrected chi connectivity index (χ0v) is 13.9. The highest BCUT2D eigenvalue weighted by atomic mass is 79.9. The van der Waals surface area contributed by atoms with E-state index in [-0.39, 0.29) is 6.04 Å². The van der Waals surface area contributed by atoms with Crippen LogP contribution in [0.3, 0.4) is 0 Å². The highest BCUT2D eigenvalue weighted by Gasteiger charge is 2.22. The van der Waals surface area contributed by atoms with Crippen LogP contribution in [0.5, 0.6) is 0 Å². The van der Waals surface area contributed by atoms with Crippen molar-refractivity contribution in [2.75, 3.05) is 5.32 Å². The Balaban J connectivity index is 1.66. The molecule has 0 saturated heterocycles. The highest BCUT2D eigenvalue weighted by molar-refractivity contribution is 9.10. The normalized spacial score (nSPS) is 16.8. The van der Waals surface area contributed by atoms with E-state index in [4.69, 9.17) is 5.26 Å². The molecule has 4 rings (SSSR count). The van der Waals surface area contributed by atoms with E-state index in [1.165, 1.54) is 5.56 Å². The summed E-state index contributed by atoms with van der Waals surface area (Å²) >= 11 is 3.45. The molecule has 1 aliphatic rings. The number of hydrogen-bond donors (Lipinski definition) is 2. The predicted octanol–water partition coefficient (Wildman–Crippen LogP) is 4.08. The first-order valence-corrected chi connectivity index (χ1v) is 8.33. The van der Waals surface area contributed by atoms with Crippen LogP contribution >= 0.6 is 15.9 Å². The van der Waals surface area contributed by atoms with Gasteiger partial charge in [0.05, 0.1) is 22.8 Å². The summed E-state index contributed by atoms with van der Waals surface area (Å²) in [6, 6.07) is 10.5. The second kappa shape index (κ2) is 5.67. The van der Waals surface area contributed by atoms with Gasteiger partial charge in [-0.25, -0.2) is 0 Å². The molecule has 2 heterocycles. The summed E-state index contributed by atoms with van der Waals surface area (Å²) in [7, 11) is 0. The number of fused-ring (bicyclic) bond motifs is 2. The van der Waals surface area contributed by atoms with Gasteiger partial charge in [0.25, 0.3) is 0 Å². The van der Waals surface area contributed by atoms with Crippen molar-refractivity contribution in [1.82, 2.24) is 15.2 Å². The zero-order valence-electron chi connectivity index (χ0n) is 12.3. The molecule has 0 bridgehead atoms. The molecule has 0 spiro atoms. The predicted molar refractivity (Wildman–Crippen MR) is 92.0 cm³/mol. The topological polar surface area (TPSA) is 77.4 Å². The minimum absolute atomic E-state index is 0.176. The SMILES string of the molecule is N#Cc1cnc2c(c1)CCC[C@@H]2Nc1ccc2[nH]nc(Br)c2c1. The monoisotopic (exact) mass is 367 g/mol. The van der Waals surface area contributed by atoms with Crippen molar-refractivity contribution in [2.45, 2.75) is 25.3 Å². The van der Waals surface area contributed by atoms with E-state index >= 15 is 0 Å². The van der Waals surface area contributed by atoms with Crippen LogP contribution in [-0.2, 0) is 6.42 Å². The number of aromatic nitrogens is 3. The van der Waals surface area contributed by atoms with Crippen LogP contribution in [0.15, 0.2) is 35.1 Å². The van der Waals surface area contributed by atoms with Gasteiger partial charge in [0, 0.05) is 17.3 Å². The van der Waals surface area contributed by atoms with Gasteiger partial charge in [-0.15, -0.1) is 0 Å². The van der Waals surface area contributed by atoms with Gasteiger partial charge < -0.3 is 5.32 Å². The van der Waals surface area contributed by atoms with Crippen LogP contribution in [0, 0.1) is 11.3 Å². The Bertz CT molecular complexity index is 924. The molecule has 2 N–H and O–H groups in total. The third kappa shape index (κ3) is 2.57. The molecule has 1 aliphatic carbocycles. The van der Waals surface area contributed by atoms with Crippen LogP contribution in [0.2, 0.25) is 0 Å². The minimum Gasteiger partial charge on any atom is -0.377 e. The highest BCUT2D eigenvalue weighted by Crippen LogP contribution is 2.33. The Labute approximate surface area is 141 Å². The molecule has 0 aliphatic heterocycles. The first-order valence-electron chi connectivity index (χ1n) is 7.53. The first-order chi connectivity index (χ1) is 11.2. The quantitative estimate of drug-likeness (QED) is 0.715. The Morgan fingerprint density at radius 3 is 3.13 bits per heavy atom. The molecule has 2 aromatic heterocycles. The van der Waals surface area contributed by atoms with Crippen molar-refractivity contribution in [1.29, 1.82) is 5.26 Å². The molecule has 6 heteroatoms. The Morgan fingerprint density at radius 1 is 1.35 bits per heavy atom. The van der Waals surface area contributed by atoms with Crippen LogP contribution in [0.1, 0.15) is 35.7 Å². The third-order valence-electron chi connectivity index (χ3n) is 4.26. The van der Waals surface area contributed by atoms with E-state index in [0.717, 1.165) is 46.1 Å². The fourth-order valence-electron chi connectivity index (χ4n) is 3.14. The smallest absolute Gasteiger partial charge is 0.135 e. The van der Waals surface area contributed by atoms with Gasteiger partial charge >= 0.3 is 0 Å². The molecule has 1 aromatic carbocycles. The Hall–Kier alpha value is -2.39. The second-order valence-electron chi connectivity index (χ2n) is 5.74. The molecule has 0 saturated carbocycles. The largest absolute Gasteiger partial charge is 0.377 e. The zero-order chi connectivity index (χ0) is 15.8. The van der Waals surface area contributed by atoms with Gasteiger partial charge in [0.1, 0.15) is 10.7 Å². The molecule has 0 fully saturated rings. The molecule has 5 nitrogen and oxygen atoms in total. The van der Waals surface area contributed by atoms with Crippen molar-refractivity contribution < 1.29 is 0 Å². The Morgan fingerprint density at radius 2 is 2.26 bits per heavy atom. The van der Waals surface area contributed by atoms with Crippen LogP contribution < -0.4 is 5.32 Å². The molecule has 0 unspecified atom stereocenters. The number of H-pyrrole nitrogens is 1. The summed E-state index contributed by atoms with van der Waals surface area (Å²) in [5, 5.41) is 20.8. The summed E-state index contributed by atoms with van der Waals surface area (Å²) in [6.45, 7) is 0. The number of pyridine rings is 1. The maximum atomic E-state index is 9.03. The van der Waals surface area contributed by atoms with E-state index in [1.54, 1.807) is 6.20 Å². The number of anilines is 1. The van der Waals surface area contributed by atoms with E-state index in [9.17, 15) is 0 Å². The molecule has 114 valence electrons. The summed E-state index contributed by atoms with van der Waals surface area (Å²) in [4.78, 5) is 4.52. The maximum absolute atomic E-state index is 9.03. The lowest BCUT2D eigenvalue weighted by Crippen LogP contribution is -2.19. The average Bonchev–Trinajstić information content (AvgIpc) is 2.95. The van der Waals surface area contributed by atoms with E-state index in [0.29, 0.717) is 5.56 Å². The molecule has 23 heavy (non-hydrogen) atoms. The fourth-order valence-corrected chi connectivity index (χ4v) is 3.56. The van der Waals surface area contributed by atoms with Crippen molar-refractivity contribution in [3.8, 4) is 6.07 Å². The number of halogens is 1. The third-order valence-corrected chi connectivity index (χ3v) is 4.86. The lowest BCUT2D eigenvalue weighted by Gasteiger charge is -2.26. The van der Waals surface area contributed by atoms with Crippen LogP contribution in [-0.4, -0.2) is 15.2 Å². The maximum Gasteiger partial charge on any atom is 0.135 e. The number of nitriles is 1. The molecule has 0 amide bonds. The van der Waals surface area contributed by atoms with Gasteiger partial charge in [-0.05, 0) is 65.0 Å². The molecule has 0 radical (unpaired) electrons. The van der Waals surface area contributed by atoms with Crippen molar-refractivity contribution in [3.63, 3.8) is 0 Å². The van der Waals surface area contributed by atoms with E-state index < -0.39 is 0 Å². The van der Waals surface area contributed by atoms with Gasteiger partial charge in [-0.3, -0.25) is 10.1 Å². The van der Waals surface area contributed by atoms with E-state index in [2.05, 4.69) is 48.6 Å². The number of benzene rings is 1. The van der Waals surface area contributed by atoms with Crippen molar-refractivity contribution in [3.05, 3.63) is 51.9 Å². The number of rotatable bonds is 2. The van der Waals surface area contributed by atoms with Gasteiger partial charge in [0.2, 0.25) is 0 Å². The first kappa shape index (κ1) is 14.2. The lowest BCUT2D eigenvalue weighted by molar-refractivity contribution is 0.583. The van der Waals surface area contributed by atoms with Gasteiger partial charge in [-0.1, -0.05) is 0 Å². The number of aryl methyl sites for hydroxylation is 1. The molecular formula is C17H14BrN5. The number of hydrogen-bond acceptors (Lipinski definition) is 4. The van der Waals surface area contributed by atoms with Crippen molar-refractivity contribution >= 4 is 32.5 Å². The van der Waals surface area contributed by atoms with E-state index in [1.807, 2.05) is 18.2 Å². The molecule has 3 aromatic rings. The Kier molecular flexibility index (Phi) is 3.50. The second-order valence-corrected chi connectivity index (χ2v) is 6.50. The average molecular weight is 368 g/mol. The summed E-state index contributed by atoms with van der Waals surface area (Å²) in [5.41, 5.74) is 4.92. The fraction of sp³-hybridized carbons (Fsp3) is 0.235. The number of nitrogens with zero attached hydrogens (tertiary/aromatic N) is 3. The van der Waals surface area contributed by atoms with Crippen LogP contribution in [0.4, 0.5) is 5.69 Å².